The molecule has 1 aromatic carbocycles. The van der Waals surface area contributed by atoms with Gasteiger partial charge in [0.25, 0.3) is 0 Å². The van der Waals surface area contributed by atoms with Crippen molar-refractivity contribution in [3.8, 4) is 17.3 Å². The van der Waals surface area contributed by atoms with Crippen molar-refractivity contribution in [2.45, 2.75) is 32.2 Å². The molecule has 0 bridgehead atoms. The van der Waals surface area contributed by atoms with Gasteiger partial charge in [-0.2, -0.15) is 5.26 Å². The molecule has 2 aliphatic rings. The largest absolute Gasteiger partial charge is 0.361 e. The van der Waals surface area contributed by atoms with Crippen LogP contribution in [0.15, 0.2) is 28.9 Å². The van der Waals surface area contributed by atoms with Crippen LogP contribution in [0.4, 0.5) is 5.69 Å². The van der Waals surface area contributed by atoms with Crippen LogP contribution in [0.1, 0.15) is 24.2 Å². The molecule has 0 saturated carbocycles. The maximum atomic E-state index is 12.9. The van der Waals surface area contributed by atoms with Gasteiger partial charge in [-0.15, -0.1) is 0 Å². The normalized spacial score (nSPS) is 19.4. The summed E-state index contributed by atoms with van der Waals surface area (Å²) in [6.07, 6.45) is 6.36. The van der Waals surface area contributed by atoms with Crippen molar-refractivity contribution in [2.75, 3.05) is 18.0 Å². The second-order valence-electron chi connectivity index (χ2n) is 6.33. The predicted octanol–water partition coefficient (Wildman–Crippen LogP) is 2.48. The summed E-state index contributed by atoms with van der Waals surface area (Å²) in [5.74, 6) is 0.832. The summed E-state index contributed by atoms with van der Waals surface area (Å²) in [6.45, 7) is 3.25. The molecule has 1 atom stereocenters. The Kier molecular flexibility index (Phi) is 3.49. The van der Waals surface area contributed by atoms with E-state index in [0.29, 0.717) is 13.1 Å². The highest BCUT2D eigenvalue weighted by Crippen LogP contribution is 2.34. The Hall–Kier alpha value is -2.81. The predicted molar refractivity (Wildman–Crippen MR) is 88.1 cm³/mol. The van der Waals surface area contributed by atoms with Crippen LogP contribution in [-0.2, 0) is 11.2 Å². The van der Waals surface area contributed by atoms with Gasteiger partial charge in [-0.25, -0.2) is 0 Å². The molecule has 1 aromatic heterocycles. The Balaban J connectivity index is 1.62. The monoisotopic (exact) mass is 322 g/mol. The SMILES string of the molecule is Cc1oncc1-c1ccc2c(c1)CCN2C(=O)[C@@H]1CCCN1C#N. The molecule has 6 heteroatoms. The van der Waals surface area contributed by atoms with E-state index in [1.807, 2.05) is 24.0 Å². The number of hydrogen-bond donors (Lipinski definition) is 0. The molecule has 0 aliphatic carbocycles. The Morgan fingerprint density at radius 3 is 3.04 bits per heavy atom. The number of benzene rings is 1. The van der Waals surface area contributed by atoms with Crippen molar-refractivity contribution in [2.24, 2.45) is 0 Å². The first kappa shape index (κ1) is 14.8. The molecule has 1 saturated heterocycles. The second kappa shape index (κ2) is 5.68. The molecule has 3 heterocycles. The first-order valence-electron chi connectivity index (χ1n) is 8.21. The summed E-state index contributed by atoms with van der Waals surface area (Å²) in [7, 11) is 0. The number of amides is 1. The molecular weight excluding hydrogens is 304 g/mol. The van der Waals surface area contributed by atoms with Gasteiger partial charge >= 0.3 is 0 Å². The number of aryl methyl sites for hydroxylation is 1. The summed E-state index contributed by atoms with van der Waals surface area (Å²) in [5.41, 5.74) is 4.15. The van der Waals surface area contributed by atoms with Crippen molar-refractivity contribution in [3.05, 3.63) is 35.7 Å². The minimum atomic E-state index is -0.305. The number of anilines is 1. The Morgan fingerprint density at radius 2 is 2.29 bits per heavy atom. The fraction of sp³-hybridized carbons (Fsp3) is 0.389. The summed E-state index contributed by atoms with van der Waals surface area (Å²) in [6, 6.07) is 5.80. The standard InChI is InChI=1S/C18H18N4O2/c1-12-15(10-20-24-12)13-4-5-16-14(9-13)6-8-22(16)18(23)17-3-2-7-21(17)11-19/h4-5,9-10,17H,2-3,6-8H2,1H3/t17-/m0/s1. The number of hydrogen-bond acceptors (Lipinski definition) is 5. The van der Waals surface area contributed by atoms with Crippen molar-refractivity contribution in [1.29, 1.82) is 5.26 Å². The van der Waals surface area contributed by atoms with Gasteiger partial charge < -0.3 is 9.42 Å². The topological polar surface area (TPSA) is 73.4 Å². The highest BCUT2D eigenvalue weighted by molar-refractivity contribution is 5.99. The van der Waals surface area contributed by atoms with E-state index in [-0.39, 0.29) is 11.9 Å². The number of nitrogens with zero attached hydrogens (tertiary/aromatic N) is 4. The Labute approximate surface area is 140 Å². The van der Waals surface area contributed by atoms with Crippen molar-refractivity contribution >= 4 is 11.6 Å². The summed E-state index contributed by atoms with van der Waals surface area (Å²) < 4.78 is 5.14. The van der Waals surface area contributed by atoms with Crippen LogP contribution in [0.5, 0.6) is 0 Å². The third-order valence-electron chi connectivity index (χ3n) is 4.97. The second-order valence-corrected chi connectivity index (χ2v) is 6.33. The number of nitriles is 1. The maximum Gasteiger partial charge on any atom is 0.250 e. The van der Waals surface area contributed by atoms with Gasteiger partial charge in [0, 0.05) is 24.3 Å². The molecule has 24 heavy (non-hydrogen) atoms. The molecule has 122 valence electrons. The molecule has 0 radical (unpaired) electrons. The first-order chi connectivity index (χ1) is 11.7. The minimum Gasteiger partial charge on any atom is -0.361 e. The molecule has 1 amide bonds. The highest BCUT2D eigenvalue weighted by atomic mass is 16.5. The van der Waals surface area contributed by atoms with Gasteiger partial charge in [0.2, 0.25) is 5.91 Å². The van der Waals surface area contributed by atoms with Crippen LogP contribution in [-0.4, -0.2) is 35.1 Å². The van der Waals surface area contributed by atoms with Crippen molar-refractivity contribution in [3.63, 3.8) is 0 Å². The van der Waals surface area contributed by atoms with Gasteiger partial charge in [-0.05, 0) is 49.4 Å². The smallest absolute Gasteiger partial charge is 0.250 e. The van der Waals surface area contributed by atoms with E-state index in [9.17, 15) is 10.1 Å². The molecular formula is C18H18N4O2. The summed E-state index contributed by atoms with van der Waals surface area (Å²) in [5, 5.41) is 13.0. The van der Waals surface area contributed by atoms with Gasteiger partial charge in [-0.1, -0.05) is 11.2 Å². The molecule has 1 fully saturated rings. The van der Waals surface area contributed by atoms with E-state index in [0.717, 1.165) is 47.4 Å². The third kappa shape index (κ3) is 2.24. The number of aromatic nitrogens is 1. The fourth-order valence-electron chi connectivity index (χ4n) is 3.70. The number of carbonyl (C=O) groups excluding carboxylic acids is 1. The van der Waals surface area contributed by atoms with Gasteiger partial charge in [0.15, 0.2) is 6.19 Å². The maximum absolute atomic E-state index is 12.9. The Bertz CT molecular complexity index is 836. The Morgan fingerprint density at radius 1 is 1.42 bits per heavy atom. The molecule has 0 N–H and O–H groups in total. The van der Waals surface area contributed by atoms with Crippen molar-refractivity contribution in [1.82, 2.24) is 10.1 Å². The highest BCUT2D eigenvalue weighted by Gasteiger charge is 2.36. The quantitative estimate of drug-likeness (QED) is 0.794. The van der Waals surface area contributed by atoms with E-state index in [1.165, 1.54) is 0 Å². The van der Waals surface area contributed by atoms with Crippen LogP contribution in [0, 0.1) is 18.4 Å². The van der Waals surface area contributed by atoms with Gasteiger partial charge in [-0.3, -0.25) is 9.69 Å². The van der Waals surface area contributed by atoms with Crippen molar-refractivity contribution < 1.29 is 9.32 Å². The lowest BCUT2D eigenvalue weighted by Gasteiger charge is -2.24. The van der Waals surface area contributed by atoms with Crippen LogP contribution in [0.3, 0.4) is 0 Å². The zero-order valence-electron chi connectivity index (χ0n) is 13.5. The summed E-state index contributed by atoms with van der Waals surface area (Å²) in [4.78, 5) is 16.3. The van der Waals surface area contributed by atoms with Crippen LogP contribution in [0.25, 0.3) is 11.1 Å². The molecule has 2 aromatic rings. The summed E-state index contributed by atoms with van der Waals surface area (Å²) >= 11 is 0. The molecule has 2 aliphatic heterocycles. The number of rotatable bonds is 2. The number of carbonyl (C=O) groups is 1. The molecule has 6 nitrogen and oxygen atoms in total. The zero-order chi connectivity index (χ0) is 16.7. The number of fused-ring (bicyclic) bond motifs is 1. The third-order valence-corrected chi connectivity index (χ3v) is 4.97. The fourth-order valence-corrected chi connectivity index (χ4v) is 3.70. The molecule has 4 rings (SSSR count). The first-order valence-corrected chi connectivity index (χ1v) is 8.21. The van der Waals surface area contributed by atoms with E-state index in [2.05, 4.69) is 17.4 Å². The lowest BCUT2D eigenvalue weighted by molar-refractivity contribution is -0.121. The molecule has 0 spiro atoms. The van der Waals surface area contributed by atoms with Gasteiger partial charge in [0.1, 0.15) is 11.8 Å². The van der Waals surface area contributed by atoms with E-state index >= 15 is 0 Å². The van der Waals surface area contributed by atoms with Crippen LogP contribution < -0.4 is 4.90 Å². The average molecular weight is 322 g/mol. The van der Waals surface area contributed by atoms with Crippen LogP contribution in [0.2, 0.25) is 0 Å². The number of likely N-dealkylation sites (tertiary alicyclic amines) is 1. The lowest BCUT2D eigenvalue weighted by atomic mass is 10.0. The molecule has 0 unspecified atom stereocenters. The van der Waals surface area contributed by atoms with Crippen LogP contribution >= 0.6 is 0 Å². The minimum absolute atomic E-state index is 0.0432. The zero-order valence-corrected chi connectivity index (χ0v) is 13.5. The van der Waals surface area contributed by atoms with E-state index < -0.39 is 0 Å². The van der Waals surface area contributed by atoms with Gasteiger partial charge in [0.05, 0.1) is 6.20 Å². The van der Waals surface area contributed by atoms with E-state index in [1.54, 1.807) is 11.1 Å². The van der Waals surface area contributed by atoms with E-state index in [4.69, 9.17) is 4.52 Å². The lowest BCUT2D eigenvalue weighted by Crippen LogP contribution is -2.43. The average Bonchev–Trinajstić information content (AvgIpc) is 3.32.